The lowest BCUT2D eigenvalue weighted by Crippen LogP contribution is -2.66. The number of ether oxygens (including phenoxy) is 1. The molecule has 3 nitrogen and oxygen atoms in total. The monoisotopic (exact) mass is 424 g/mol. The second kappa shape index (κ2) is 11.3. The fraction of sp³-hybridized carbons (Fsp3) is 0.423. The fourth-order valence-electron chi connectivity index (χ4n) is 3.95. The number of hydrogen-bond donors (Lipinski definition) is 0. The Labute approximate surface area is 183 Å². The molecule has 0 aliphatic rings. The van der Waals surface area contributed by atoms with E-state index in [1.54, 1.807) is 6.08 Å². The molecule has 0 unspecified atom stereocenters. The van der Waals surface area contributed by atoms with Crippen molar-refractivity contribution in [1.82, 2.24) is 0 Å². The van der Waals surface area contributed by atoms with Crippen molar-refractivity contribution in [2.75, 3.05) is 13.2 Å². The van der Waals surface area contributed by atoms with Gasteiger partial charge in [-0.3, -0.25) is 0 Å². The number of carbonyl (C=O) groups excluding carboxylic acids is 1. The van der Waals surface area contributed by atoms with Gasteiger partial charge in [-0.15, -0.1) is 0 Å². The van der Waals surface area contributed by atoms with E-state index < -0.39 is 8.32 Å². The zero-order valence-electron chi connectivity index (χ0n) is 19.1. The lowest BCUT2D eigenvalue weighted by atomic mass is 10.1. The summed E-state index contributed by atoms with van der Waals surface area (Å²) in [5.41, 5.74) is 1.05. The Hall–Kier alpha value is -2.17. The Kier molecular flexibility index (Phi) is 9.06. The van der Waals surface area contributed by atoms with Gasteiger partial charge in [-0.05, 0) is 48.5 Å². The van der Waals surface area contributed by atoms with Crippen LogP contribution in [0.5, 0.6) is 0 Å². The molecular formula is C26H36O3Si. The number of carbonyl (C=O) groups is 1. The van der Waals surface area contributed by atoms with Crippen molar-refractivity contribution < 1.29 is 14.0 Å². The summed E-state index contributed by atoms with van der Waals surface area (Å²) in [6, 6.07) is 21.4. The highest BCUT2D eigenvalue weighted by Crippen LogP contribution is 2.36. The van der Waals surface area contributed by atoms with Gasteiger partial charge in [0.15, 0.2) is 0 Å². The number of hydrogen-bond acceptors (Lipinski definition) is 3. The van der Waals surface area contributed by atoms with Gasteiger partial charge in [-0.2, -0.15) is 0 Å². The Morgan fingerprint density at radius 2 is 1.47 bits per heavy atom. The van der Waals surface area contributed by atoms with E-state index in [0.29, 0.717) is 13.2 Å². The molecule has 0 atom stereocenters. The van der Waals surface area contributed by atoms with Crippen LogP contribution in [-0.4, -0.2) is 27.5 Å². The molecule has 0 spiro atoms. The SMILES string of the molecule is CCOC(=O)/C=C(\C)CCCCO[Si](c1ccccc1)(c1ccccc1)C(C)(C)C. The van der Waals surface area contributed by atoms with E-state index in [1.807, 2.05) is 13.8 Å². The number of unbranched alkanes of at least 4 members (excludes halogenated alkanes) is 1. The van der Waals surface area contributed by atoms with E-state index in [2.05, 4.69) is 81.4 Å². The first kappa shape index (κ1) is 24.1. The standard InChI is InChI=1S/C26H36O3Si/c1-6-28-25(27)21-22(2)15-13-14-20-29-30(26(3,4)5,23-16-9-7-10-17-23)24-18-11-8-12-19-24/h7-12,16-19,21H,6,13-15,20H2,1-5H3/b22-21+. The third-order valence-corrected chi connectivity index (χ3v) is 10.4. The second-order valence-electron chi connectivity index (χ2n) is 8.71. The normalized spacial score (nSPS) is 12.6. The van der Waals surface area contributed by atoms with E-state index in [4.69, 9.17) is 9.16 Å². The predicted molar refractivity (Wildman–Crippen MR) is 128 cm³/mol. The topological polar surface area (TPSA) is 35.5 Å². The van der Waals surface area contributed by atoms with Crippen molar-refractivity contribution in [2.24, 2.45) is 0 Å². The Morgan fingerprint density at radius 3 is 1.93 bits per heavy atom. The molecule has 0 saturated heterocycles. The minimum atomic E-state index is -2.45. The zero-order valence-corrected chi connectivity index (χ0v) is 20.1. The molecule has 2 rings (SSSR count). The first-order chi connectivity index (χ1) is 14.3. The maximum absolute atomic E-state index is 11.6. The summed E-state index contributed by atoms with van der Waals surface area (Å²) in [6.45, 7) is 11.8. The van der Waals surface area contributed by atoms with E-state index in [1.165, 1.54) is 10.4 Å². The van der Waals surface area contributed by atoms with Gasteiger partial charge in [0.25, 0.3) is 8.32 Å². The van der Waals surface area contributed by atoms with E-state index in [0.717, 1.165) is 24.8 Å². The van der Waals surface area contributed by atoms with E-state index in [-0.39, 0.29) is 11.0 Å². The summed E-state index contributed by atoms with van der Waals surface area (Å²) in [4.78, 5) is 11.6. The van der Waals surface area contributed by atoms with Crippen molar-refractivity contribution in [3.05, 3.63) is 72.3 Å². The van der Waals surface area contributed by atoms with Gasteiger partial charge in [-0.25, -0.2) is 4.79 Å². The number of rotatable bonds is 10. The molecule has 30 heavy (non-hydrogen) atoms. The smallest absolute Gasteiger partial charge is 0.330 e. The van der Waals surface area contributed by atoms with Crippen LogP contribution in [0.3, 0.4) is 0 Å². The number of allylic oxidation sites excluding steroid dienone is 1. The molecule has 0 aliphatic carbocycles. The Balaban J connectivity index is 2.15. The van der Waals surface area contributed by atoms with Gasteiger partial charge < -0.3 is 9.16 Å². The van der Waals surface area contributed by atoms with Crippen LogP contribution >= 0.6 is 0 Å². The summed E-state index contributed by atoms with van der Waals surface area (Å²) >= 11 is 0. The molecule has 0 amide bonds. The lowest BCUT2D eigenvalue weighted by Gasteiger charge is -2.43. The molecule has 0 N–H and O–H groups in total. The van der Waals surface area contributed by atoms with Gasteiger partial charge in [0.1, 0.15) is 0 Å². The summed E-state index contributed by atoms with van der Waals surface area (Å²) in [5.74, 6) is -0.251. The maximum atomic E-state index is 11.6. The molecule has 0 fully saturated rings. The molecule has 0 aliphatic heterocycles. The third-order valence-electron chi connectivity index (χ3n) is 5.35. The van der Waals surface area contributed by atoms with Gasteiger partial charge >= 0.3 is 5.97 Å². The van der Waals surface area contributed by atoms with Gasteiger partial charge in [0, 0.05) is 12.7 Å². The highest BCUT2D eigenvalue weighted by atomic mass is 28.4. The van der Waals surface area contributed by atoms with Crippen LogP contribution in [0.4, 0.5) is 0 Å². The molecular weight excluding hydrogens is 388 g/mol. The highest BCUT2D eigenvalue weighted by molar-refractivity contribution is 6.99. The van der Waals surface area contributed by atoms with Gasteiger partial charge in [0.05, 0.1) is 6.61 Å². The number of esters is 1. The molecule has 0 aromatic heterocycles. The summed E-state index contributed by atoms with van der Waals surface area (Å²) in [7, 11) is -2.45. The predicted octanol–water partition coefficient (Wildman–Crippen LogP) is 5.24. The molecule has 2 aromatic carbocycles. The van der Waals surface area contributed by atoms with Crippen LogP contribution in [0.2, 0.25) is 5.04 Å². The van der Waals surface area contributed by atoms with Crippen LogP contribution in [0, 0.1) is 0 Å². The van der Waals surface area contributed by atoms with Gasteiger partial charge in [0.2, 0.25) is 0 Å². The summed E-state index contributed by atoms with van der Waals surface area (Å²) in [6.07, 6.45) is 4.42. The third kappa shape index (κ3) is 6.16. The molecule has 2 aromatic rings. The van der Waals surface area contributed by atoms with Crippen molar-refractivity contribution in [2.45, 2.75) is 58.9 Å². The van der Waals surface area contributed by atoms with E-state index >= 15 is 0 Å². The molecule has 0 saturated carbocycles. The summed E-state index contributed by atoms with van der Waals surface area (Å²) < 4.78 is 11.9. The van der Waals surface area contributed by atoms with E-state index in [9.17, 15) is 4.79 Å². The number of benzene rings is 2. The van der Waals surface area contributed by atoms with Crippen LogP contribution in [0.25, 0.3) is 0 Å². The van der Waals surface area contributed by atoms with Crippen molar-refractivity contribution in [3.63, 3.8) is 0 Å². The second-order valence-corrected chi connectivity index (χ2v) is 13.0. The first-order valence-electron chi connectivity index (χ1n) is 10.9. The minimum Gasteiger partial charge on any atom is -0.463 e. The highest BCUT2D eigenvalue weighted by Gasteiger charge is 2.49. The molecule has 0 bridgehead atoms. The summed E-state index contributed by atoms with van der Waals surface area (Å²) in [5, 5.41) is 2.61. The largest absolute Gasteiger partial charge is 0.463 e. The molecule has 0 radical (unpaired) electrons. The molecule has 4 heteroatoms. The zero-order chi connectivity index (χ0) is 22.0. The van der Waals surface area contributed by atoms with Crippen LogP contribution in [0.1, 0.15) is 53.9 Å². The van der Waals surface area contributed by atoms with Crippen LogP contribution < -0.4 is 10.4 Å². The minimum absolute atomic E-state index is 0.00453. The Morgan fingerprint density at radius 1 is 0.933 bits per heavy atom. The quantitative estimate of drug-likeness (QED) is 0.226. The average molecular weight is 425 g/mol. The van der Waals surface area contributed by atoms with Crippen molar-refractivity contribution in [3.8, 4) is 0 Å². The van der Waals surface area contributed by atoms with Gasteiger partial charge in [-0.1, -0.05) is 87.0 Å². The lowest BCUT2D eigenvalue weighted by molar-refractivity contribution is -0.137. The fourth-order valence-corrected chi connectivity index (χ4v) is 8.56. The molecule has 162 valence electrons. The van der Waals surface area contributed by atoms with Crippen molar-refractivity contribution in [1.29, 1.82) is 0 Å². The maximum Gasteiger partial charge on any atom is 0.330 e. The van der Waals surface area contributed by atoms with Crippen LogP contribution in [0.15, 0.2) is 72.3 Å². The Bertz CT molecular complexity index is 768. The first-order valence-corrected chi connectivity index (χ1v) is 12.8. The molecule has 0 heterocycles. The van der Waals surface area contributed by atoms with Crippen molar-refractivity contribution >= 4 is 24.7 Å². The van der Waals surface area contributed by atoms with Crippen LogP contribution in [-0.2, 0) is 14.0 Å². The average Bonchev–Trinajstić information content (AvgIpc) is 2.71.